The number of rotatable bonds is 6. The molecule has 15 heavy (non-hydrogen) atoms. The highest BCUT2D eigenvalue weighted by atomic mass is 16.2. The molecule has 86 valence electrons. The zero-order valence-corrected chi connectivity index (χ0v) is 9.64. The molecule has 1 aliphatic heterocycles. The molecule has 0 bridgehead atoms. The van der Waals surface area contributed by atoms with Crippen molar-refractivity contribution in [3.05, 3.63) is 12.7 Å². The maximum absolute atomic E-state index is 12.0. The van der Waals surface area contributed by atoms with E-state index >= 15 is 0 Å². The highest BCUT2D eigenvalue weighted by molar-refractivity contribution is 5.83. The number of nitrogens with one attached hydrogen (secondary N) is 2. The van der Waals surface area contributed by atoms with Crippen LogP contribution in [0.4, 0.5) is 0 Å². The maximum atomic E-state index is 12.0. The molecule has 1 amide bonds. The summed E-state index contributed by atoms with van der Waals surface area (Å²) in [6.07, 6.45) is 5.71. The topological polar surface area (TPSA) is 41.1 Å². The molecule has 1 unspecified atom stereocenters. The van der Waals surface area contributed by atoms with Gasteiger partial charge in [-0.15, -0.1) is 6.58 Å². The maximum Gasteiger partial charge on any atom is 0.227 e. The number of carbonyl (C=O) groups is 1. The zero-order chi connectivity index (χ0) is 11.1. The summed E-state index contributed by atoms with van der Waals surface area (Å²) >= 11 is 0. The van der Waals surface area contributed by atoms with E-state index in [0.717, 1.165) is 38.8 Å². The molecular weight excluding hydrogens is 188 g/mol. The Labute approximate surface area is 92.3 Å². The van der Waals surface area contributed by atoms with Gasteiger partial charge >= 0.3 is 0 Å². The van der Waals surface area contributed by atoms with Crippen molar-refractivity contribution in [1.29, 1.82) is 0 Å². The molecule has 0 aliphatic carbocycles. The Kier molecular flexibility index (Phi) is 4.82. The molecule has 0 aromatic heterocycles. The van der Waals surface area contributed by atoms with Crippen LogP contribution in [-0.2, 0) is 4.79 Å². The first-order chi connectivity index (χ1) is 7.25. The van der Waals surface area contributed by atoms with Gasteiger partial charge in [-0.25, -0.2) is 0 Å². The van der Waals surface area contributed by atoms with Crippen LogP contribution in [0.3, 0.4) is 0 Å². The molecule has 2 N–H and O–H groups in total. The minimum Gasteiger partial charge on any atom is -0.355 e. The van der Waals surface area contributed by atoms with E-state index < -0.39 is 0 Å². The lowest BCUT2D eigenvalue weighted by molar-refractivity contribution is -0.130. The fourth-order valence-electron chi connectivity index (χ4n) is 2.22. The minimum absolute atomic E-state index is 0.143. The van der Waals surface area contributed by atoms with Gasteiger partial charge in [-0.2, -0.15) is 0 Å². The van der Waals surface area contributed by atoms with E-state index in [1.54, 1.807) is 0 Å². The van der Waals surface area contributed by atoms with E-state index in [9.17, 15) is 4.79 Å². The molecular formula is C12H22N2O. The Morgan fingerprint density at radius 2 is 2.47 bits per heavy atom. The highest BCUT2D eigenvalue weighted by Crippen LogP contribution is 2.31. The highest BCUT2D eigenvalue weighted by Gasteiger charge is 2.39. The van der Waals surface area contributed by atoms with Crippen LogP contribution in [0.1, 0.15) is 32.6 Å². The average molecular weight is 210 g/mol. The van der Waals surface area contributed by atoms with Gasteiger partial charge in [-0.05, 0) is 25.8 Å². The van der Waals surface area contributed by atoms with Crippen molar-refractivity contribution in [3.63, 3.8) is 0 Å². The quantitative estimate of drug-likeness (QED) is 0.515. The van der Waals surface area contributed by atoms with Gasteiger partial charge in [-0.1, -0.05) is 19.4 Å². The molecule has 3 heteroatoms. The summed E-state index contributed by atoms with van der Waals surface area (Å²) in [6, 6.07) is 0. The molecule has 0 radical (unpaired) electrons. The molecule has 3 nitrogen and oxygen atoms in total. The van der Waals surface area contributed by atoms with Crippen molar-refractivity contribution in [2.24, 2.45) is 5.41 Å². The van der Waals surface area contributed by atoms with Crippen LogP contribution >= 0.6 is 0 Å². The Hall–Kier alpha value is -0.830. The largest absolute Gasteiger partial charge is 0.355 e. The van der Waals surface area contributed by atoms with Gasteiger partial charge in [0, 0.05) is 13.1 Å². The Morgan fingerprint density at radius 1 is 1.67 bits per heavy atom. The van der Waals surface area contributed by atoms with Gasteiger partial charge in [0.25, 0.3) is 0 Å². The number of amides is 1. The van der Waals surface area contributed by atoms with Crippen molar-refractivity contribution >= 4 is 5.91 Å². The molecule has 0 saturated carbocycles. The van der Waals surface area contributed by atoms with Gasteiger partial charge in [-0.3, -0.25) is 4.79 Å². The van der Waals surface area contributed by atoms with Crippen LogP contribution in [0.25, 0.3) is 0 Å². The van der Waals surface area contributed by atoms with E-state index in [2.05, 4.69) is 24.1 Å². The first-order valence-electron chi connectivity index (χ1n) is 5.85. The first kappa shape index (κ1) is 12.2. The van der Waals surface area contributed by atoms with Gasteiger partial charge < -0.3 is 10.6 Å². The third kappa shape index (κ3) is 3.06. The molecule has 0 aromatic carbocycles. The standard InChI is InChI=1S/C12H22N2O/c1-3-5-8-14-11(15)12(6-4-2)7-9-13-10-12/h3,13H,1,4-10H2,2H3,(H,14,15). The zero-order valence-electron chi connectivity index (χ0n) is 9.64. The molecule has 1 saturated heterocycles. The number of hydrogen-bond donors (Lipinski definition) is 2. The van der Waals surface area contributed by atoms with Crippen molar-refractivity contribution in [2.75, 3.05) is 19.6 Å². The second kappa shape index (κ2) is 5.91. The fraction of sp³-hybridized carbons (Fsp3) is 0.750. The lowest BCUT2D eigenvalue weighted by atomic mass is 9.81. The van der Waals surface area contributed by atoms with E-state index in [1.165, 1.54) is 0 Å². The summed E-state index contributed by atoms with van der Waals surface area (Å²) in [4.78, 5) is 12.0. The molecule has 1 rings (SSSR count). The van der Waals surface area contributed by atoms with Crippen molar-refractivity contribution in [1.82, 2.24) is 10.6 Å². The van der Waals surface area contributed by atoms with E-state index in [1.807, 2.05) is 6.08 Å². The number of hydrogen-bond acceptors (Lipinski definition) is 2. The summed E-state index contributed by atoms with van der Waals surface area (Å²) in [5, 5.41) is 6.29. The molecule has 1 heterocycles. The van der Waals surface area contributed by atoms with Crippen LogP contribution in [0, 0.1) is 5.41 Å². The van der Waals surface area contributed by atoms with Gasteiger partial charge in [0.05, 0.1) is 5.41 Å². The smallest absolute Gasteiger partial charge is 0.227 e. The third-order valence-corrected chi connectivity index (χ3v) is 3.09. The first-order valence-corrected chi connectivity index (χ1v) is 5.85. The SMILES string of the molecule is C=CCCNC(=O)C1(CCC)CCNC1. The predicted octanol–water partition coefficient (Wildman–Crippen LogP) is 1.46. The molecule has 0 aromatic rings. The van der Waals surface area contributed by atoms with Crippen molar-refractivity contribution in [3.8, 4) is 0 Å². The van der Waals surface area contributed by atoms with Crippen molar-refractivity contribution in [2.45, 2.75) is 32.6 Å². The monoisotopic (exact) mass is 210 g/mol. The van der Waals surface area contributed by atoms with E-state index in [4.69, 9.17) is 0 Å². The van der Waals surface area contributed by atoms with Crippen LogP contribution < -0.4 is 10.6 Å². The van der Waals surface area contributed by atoms with Crippen LogP contribution in [0.2, 0.25) is 0 Å². The average Bonchev–Trinajstić information content (AvgIpc) is 2.68. The van der Waals surface area contributed by atoms with E-state index in [-0.39, 0.29) is 11.3 Å². The molecule has 0 spiro atoms. The lowest BCUT2D eigenvalue weighted by Crippen LogP contribution is -2.42. The Balaban J connectivity index is 2.47. The van der Waals surface area contributed by atoms with E-state index in [0.29, 0.717) is 6.54 Å². The summed E-state index contributed by atoms with van der Waals surface area (Å²) in [5.74, 6) is 0.219. The molecule has 1 aliphatic rings. The minimum atomic E-state index is -0.143. The molecule has 1 atom stereocenters. The predicted molar refractivity (Wildman–Crippen MR) is 62.7 cm³/mol. The van der Waals surface area contributed by atoms with Gasteiger partial charge in [0.1, 0.15) is 0 Å². The third-order valence-electron chi connectivity index (χ3n) is 3.09. The normalized spacial score (nSPS) is 25.1. The Morgan fingerprint density at radius 3 is 3.00 bits per heavy atom. The summed E-state index contributed by atoms with van der Waals surface area (Å²) in [7, 11) is 0. The lowest BCUT2D eigenvalue weighted by Gasteiger charge is -2.26. The second-order valence-corrected chi connectivity index (χ2v) is 4.29. The summed E-state index contributed by atoms with van der Waals surface area (Å²) in [5.41, 5.74) is -0.143. The Bertz CT molecular complexity index is 220. The second-order valence-electron chi connectivity index (χ2n) is 4.29. The van der Waals surface area contributed by atoms with Crippen LogP contribution in [0.5, 0.6) is 0 Å². The van der Waals surface area contributed by atoms with Gasteiger partial charge in [0.15, 0.2) is 0 Å². The summed E-state index contributed by atoms with van der Waals surface area (Å²) in [6.45, 7) is 8.30. The van der Waals surface area contributed by atoms with Gasteiger partial charge in [0.2, 0.25) is 5.91 Å². The van der Waals surface area contributed by atoms with Crippen molar-refractivity contribution < 1.29 is 4.79 Å². The fourth-order valence-corrected chi connectivity index (χ4v) is 2.22. The molecule has 1 fully saturated rings. The van der Waals surface area contributed by atoms with Crippen LogP contribution in [-0.4, -0.2) is 25.5 Å². The van der Waals surface area contributed by atoms with Crippen LogP contribution in [0.15, 0.2) is 12.7 Å². The summed E-state index contributed by atoms with van der Waals surface area (Å²) < 4.78 is 0. The number of carbonyl (C=O) groups excluding carboxylic acids is 1.